The van der Waals surface area contributed by atoms with Crippen LogP contribution in [-0.2, 0) is 16.1 Å². The molecule has 6 heteroatoms. The Labute approximate surface area is 168 Å². The lowest BCUT2D eigenvalue weighted by atomic mass is 10.2. The van der Waals surface area contributed by atoms with Crippen LogP contribution in [-0.4, -0.2) is 18.0 Å². The van der Waals surface area contributed by atoms with Gasteiger partial charge in [0, 0.05) is 0 Å². The van der Waals surface area contributed by atoms with Crippen molar-refractivity contribution in [2.45, 2.75) is 19.6 Å². The van der Waals surface area contributed by atoms with Crippen molar-refractivity contribution in [3.05, 3.63) is 95.8 Å². The van der Waals surface area contributed by atoms with E-state index >= 15 is 0 Å². The molecule has 0 radical (unpaired) electrons. The molecule has 0 saturated heterocycles. The van der Waals surface area contributed by atoms with E-state index in [1.807, 2.05) is 30.3 Å². The minimum absolute atomic E-state index is 0.0281. The molecule has 5 nitrogen and oxygen atoms in total. The van der Waals surface area contributed by atoms with Crippen molar-refractivity contribution < 1.29 is 23.5 Å². The predicted octanol–water partition coefficient (Wildman–Crippen LogP) is 4.59. The molecule has 0 aliphatic carbocycles. The third kappa shape index (κ3) is 5.65. The molecule has 0 spiro atoms. The van der Waals surface area contributed by atoms with E-state index in [-0.39, 0.29) is 11.3 Å². The highest BCUT2D eigenvalue weighted by Gasteiger charge is 2.20. The average molecular weight is 393 g/mol. The Morgan fingerprint density at radius 1 is 0.931 bits per heavy atom. The molecule has 1 unspecified atom stereocenters. The number of benzene rings is 3. The summed E-state index contributed by atoms with van der Waals surface area (Å²) in [6.45, 7) is 1.84. The van der Waals surface area contributed by atoms with Crippen LogP contribution in [0.1, 0.15) is 22.8 Å². The molecule has 148 valence electrons. The summed E-state index contributed by atoms with van der Waals surface area (Å²) in [5, 5.41) is 2.40. The fraction of sp³-hybridized carbons (Fsp3) is 0.130. The number of esters is 1. The number of rotatable bonds is 7. The Hall–Kier alpha value is -3.67. The lowest BCUT2D eigenvalue weighted by Crippen LogP contribution is -2.30. The normalized spacial score (nSPS) is 11.4. The topological polar surface area (TPSA) is 64.6 Å². The third-order valence-electron chi connectivity index (χ3n) is 4.12. The summed E-state index contributed by atoms with van der Waals surface area (Å²) in [6.07, 6.45) is -1.09. The van der Waals surface area contributed by atoms with Gasteiger partial charge in [-0.25, -0.2) is 9.18 Å². The van der Waals surface area contributed by atoms with Crippen LogP contribution < -0.4 is 10.1 Å². The number of hydrogen-bond donors (Lipinski definition) is 1. The summed E-state index contributed by atoms with van der Waals surface area (Å²) < 4.78 is 24.5. The molecule has 1 amide bonds. The number of ether oxygens (including phenoxy) is 2. The van der Waals surface area contributed by atoms with E-state index in [1.54, 1.807) is 30.3 Å². The van der Waals surface area contributed by atoms with E-state index in [9.17, 15) is 14.0 Å². The Kier molecular flexibility index (Phi) is 6.58. The fourth-order valence-corrected chi connectivity index (χ4v) is 2.51. The van der Waals surface area contributed by atoms with Crippen molar-refractivity contribution in [1.82, 2.24) is 0 Å². The minimum Gasteiger partial charge on any atom is -0.489 e. The molecule has 29 heavy (non-hydrogen) atoms. The highest BCUT2D eigenvalue weighted by molar-refractivity contribution is 5.97. The number of nitrogens with one attached hydrogen (secondary N) is 1. The molecular weight excluding hydrogens is 373 g/mol. The van der Waals surface area contributed by atoms with Gasteiger partial charge in [-0.05, 0) is 48.9 Å². The van der Waals surface area contributed by atoms with Gasteiger partial charge in [-0.1, -0.05) is 42.5 Å². The summed E-state index contributed by atoms with van der Waals surface area (Å²) in [4.78, 5) is 24.4. The van der Waals surface area contributed by atoms with Crippen LogP contribution in [0.5, 0.6) is 5.75 Å². The first-order valence-electron chi connectivity index (χ1n) is 9.06. The van der Waals surface area contributed by atoms with Crippen LogP contribution in [0, 0.1) is 5.82 Å². The van der Waals surface area contributed by atoms with Crippen LogP contribution in [0.3, 0.4) is 0 Å². The number of carbonyl (C=O) groups excluding carboxylic acids is 2. The van der Waals surface area contributed by atoms with E-state index < -0.39 is 23.8 Å². The second-order valence-electron chi connectivity index (χ2n) is 6.32. The van der Waals surface area contributed by atoms with Gasteiger partial charge in [0.2, 0.25) is 0 Å². The number of hydrogen-bond acceptors (Lipinski definition) is 4. The molecule has 0 fully saturated rings. The van der Waals surface area contributed by atoms with Crippen LogP contribution >= 0.6 is 0 Å². The van der Waals surface area contributed by atoms with Crippen molar-refractivity contribution in [3.63, 3.8) is 0 Å². The average Bonchev–Trinajstić information content (AvgIpc) is 2.75. The quantitative estimate of drug-likeness (QED) is 0.597. The van der Waals surface area contributed by atoms with Crippen molar-refractivity contribution >= 4 is 17.6 Å². The Morgan fingerprint density at radius 2 is 1.59 bits per heavy atom. The summed E-state index contributed by atoms with van der Waals surface area (Å²) in [7, 11) is 0. The van der Waals surface area contributed by atoms with E-state index in [0.29, 0.717) is 12.4 Å². The second kappa shape index (κ2) is 9.50. The smallest absolute Gasteiger partial charge is 0.338 e. The molecule has 0 aliphatic heterocycles. The number of para-hydroxylation sites is 1. The largest absolute Gasteiger partial charge is 0.489 e. The summed E-state index contributed by atoms with van der Waals surface area (Å²) in [5.41, 5.74) is 1.34. The molecule has 1 N–H and O–H groups in total. The summed E-state index contributed by atoms with van der Waals surface area (Å²) >= 11 is 0. The van der Waals surface area contributed by atoms with Gasteiger partial charge in [-0.15, -0.1) is 0 Å². The van der Waals surface area contributed by atoms with Gasteiger partial charge in [-0.3, -0.25) is 4.79 Å². The van der Waals surface area contributed by atoms with Crippen LogP contribution in [0.4, 0.5) is 10.1 Å². The Bertz CT molecular complexity index is 974. The molecule has 3 rings (SSSR count). The second-order valence-corrected chi connectivity index (χ2v) is 6.32. The molecular formula is C23H20FNO4. The van der Waals surface area contributed by atoms with Crippen LogP contribution in [0.2, 0.25) is 0 Å². The predicted molar refractivity (Wildman–Crippen MR) is 107 cm³/mol. The molecule has 0 heterocycles. The fourth-order valence-electron chi connectivity index (χ4n) is 2.51. The maximum Gasteiger partial charge on any atom is 0.338 e. The zero-order valence-corrected chi connectivity index (χ0v) is 15.8. The van der Waals surface area contributed by atoms with Crippen LogP contribution in [0.25, 0.3) is 0 Å². The third-order valence-corrected chi connectivity index (χ3v) is 4.12. The summed E-state index contributed by atoms with van der Waals surface area (Å²) in [6, 6.07) is 21.9. The van der Waals surface area contributed by atoms with Crippen molar-refractivity contribution in [2.75, 3.05) is 5.32 Å². The monoisotopic (exact) mass is 393 g/mol. The lowest BCUT2D eigenvalue weighted by Gasteiger charge is -2.14. The lowest BCUT2D eigenvalue weighted by molar-refractivity contribution is -0.123. The molecule has 0 aliphatic rings. The zero-order valence-electron chi connectivity index (χ0n) is 15.8. The Morgan fingerprint density at radius 3 is 2.28 bits per heavy atom. The minimum atomic E-state index is -1.09. The van der Waals surface area contributed by atoms with Gasteiger partial charge >= 0.3 is 5.97 Å². The maximum absolute atomic E-state index is 13.6. The van der Waals surface area contributed by atoms with E-state index in [2.05, 4.69) is 5.32 Å². The molecule has 0 aromatic heterocycles. The molecule has 1 atom stereocenters. The molecule has 0 bridgehead atoms. The van der Waals surface area contributed by atoms with Gasteiger partial charge in [0.25, 0.3) is 5.91 Å². The first kappa shape index (κ1) is 20.1. The summed E-state index contributed by atoms with van der Waals surface area (Å²) in [5.74, 6) is -1.23. The first-order valence-corrected chi connectivity index (χ1v) is 9.06. The molecule has 3 aromatic carbocycles. The number of anilines is 1. The number of halogens is 1. The maximum atomic E-state index is 13.6. The number of carbonyl (C=O) groups is 2. The SMILES string of the molecule is CC(OC(=O)c1ccc(OCc2ccccc2)cc1)C(=O)Nc1ccccc1F. The highest BCUT2D eigenvalue weighted by Crippen LogP contribution is 2.16. The van der Waals surface area contributed by atoms with E-state index in [4.69, 9.17) is 9.47 Å². The zero-order chi connectivity index (χ0) is 20.6. The molecule has 3 aromatic rings. The van der Waals surface area contributed by atoms with Gasteiger partial charge < -0.3 is 14.8 Å². The van der Waals surface area contributed by atoms with Crippen molar-refractivity contribution in [1.29, 1.82) is 0 Å². The highest BCUT2D eigenvalue weighted by atomic mass is 19.1. The van der Waals surface area contributed by atoms with E-state index in [1.165, 1.54) is 25.1 Å². The molecule has 0 saturated carbocycles. The Balaban J connectivity index is 1.53. The van der Waals surface area contributed by atoms with Gasteiger partial charge in [0.15, 0.2) is 6.10 Å². The van der Waals surface area contributed by atoms with Gasteiger partial charge in [-0.2, -0.15) is 0 Å². The standard InChI is InChI=1S/C23H20FNO4/c1-16(22(26)25-21-10-6-5-9-20(21)24)29-23(27)18-11-13-19(14-12-18)28-15-17-7-3-2-4-8-17/h2-14,16H,15H2,1H3,(H,25,26). The van der Waals surface area contributed by atoms with E-state index in [0.717, 1.165) is 5.56 Å². The van der Waals surface area contributed by atoms with Crippen molar-refractivity contribution in [3.8, 4) is 5.75 Å². The van der Waals surface area contributed by atoms with Crippen molar-refractivity contribution in [2.24, 2.45) is 0 Å². The van der Waals surface area contributed by atoms with Crippen LogP contribution in [0.15, 0.2) is 78.9 Å². The number of amides is 1. The van der Waals surface area contributed by atoms with Gasteiger partial charge in [0.05, 0.1) is 11.3 Å². The first-order chi connectivity index (χ1) is 14.0. The van der Waals surface area contributed by atoms with Gasteiger partial charge in [0.1, 0.15) is 18.2 Å².